The summed E-state index contributed by atoms with van der Waals surface area (Å²) < 4.78 is 30.8. The molecular weight excluding hydrogens is 434 g/mol. The minimum absolute atomic E-state index is 0.103. The van der Waals surface area contributed by atoms with Crippen molar-refractivity contribution in [3.8, 4) is 0 Å². The number of fused-ring (bicyclic) bond motifs is 1. The number of rotatable bonds is 6. The van der Waals surface area contributed by atoms with E-state index < -0.39 is 9.84 Å². The van der Waals surface area contributed by atoms with Gasteiger partial charge in [-0.2, -0.15) is 0 Å². The molecule has 1 saturated heterocycles. The molecule has 3 heterocycles. The van der Waals surface area contributed by atoms with E-state index >= 15 is 0 Å². The molecule has 0 N–H and O–H groups in total. The molecule has 9 heteroatoms. The smallest absolute Gasteiger partial charge is 0.336 e. The summed E-state index contributed by atoms with van der Waals surface area (Å²) in [6, 6.07) is 5.61. The molecule has 4 rings (SSSR count). The highest BCUT2D eigenvalue weighted by molar-refractivity contribution is 7.98. The molecule has 1 aromatic carbocycles. The Morgan fingerprint density at radius 1 is 1.26 bits per heavy atom. The van der Waals surface area contributed by atoms with Crippen LogP contribution < -0.4 is 5.63 Å². The predicted octanol–water partition coefficient (Wildman–Crippen LogP) is 3.62. The van der Waals surface area contributed by atoms with Crippen LogP contribution in [0.1, 0.15) is 48.7 Å². The summed E-state index contributed by atoms with van der Waals surface area (Å²) in [5.41, 5.74) is 3.50. The molecule has 166 valence electrons. The molecule has 2 aromatic heterocycles. The van der Waals surface area contributed by atoms with Gasteiger partial charge in [0.15, 0.2) is 15.0 Å². The van der Waals surface area contributed by atoms with E-state index in [9.17, 15) is 13.2 Å². The molecule has 1 atom stereocenters. The van der Waals surface area contributed by atoms with E-state index in [2.05, 4.69) is 30.1 Å². The second-order valence-electron chi connectivity index (χ2n) is 8.67. The molecule has 7 nitrogen and oxygen atoms in total. The molecule has 1 aliphatic heterocycles. The number of thioether (sulfide) groups is 1. The van der Waals surface area contributed by atoms with Crippen molar-refractivity contribution in [3.63, 3.8) is 0 Å². The zero-order valence-corrected chi connectivity index (χ0v) is 19.8. The lowest BCUT2D eigenvalue weighted by molar-refractivity contribution is 0.552. The Morgan fingerprint density at radius 2 is 2.03 bits per heavy atom. The number of nitrogens with zero attached hydrogens (tertiary/aromatic N) is 3. The summed E-state index contributed by atoms with van der Waals surface area (Å²) in [5.74, 6) is 2.32. The number of aryl methyl sites for hydroxylation is 1. The van der Waals surface area contributed by atoms with Crippen LogP contribution >= 0.6 is 11.8 Å². The second kappa shape index (κ2) is 8.43. The Kier molecular flexibility index (Phi) is 6.00. The first-order chi connectivity index (χ1) is 14.6. The molecular formula is C22H27N3O4S2. The van der Waals surface area contributed by atoms with Crippen LogP contribution in [0.15, 0.2) is 32.6 Å². The Hall–Kier alpha value is -2.13. The summed E-state index contributed by atoms with van der Waals surface area (Å²) in [6.45, 7) is 6.34. The Balaban J connectivity index is 1.56. The molecule has 1 unspecified atom stereocenters. The lowest BCUT2D eigenvalue weighted by Gasteiger charge is -2.13. The van der Waals surface area contributed by atoms with Crippen LogP contribution in [0.5, 0.6) is 0 Å². The Morgan fingerprint density at radius 3 is 2.71 bits per heavy atom. The third-order valence-corrected chi connectivity index (χ3v) is 8.82. The number of hydrogen-bond acceptors (Lipinski definition) is 7. The van der Waals surface area contributed by atoms with Crippen LogP contribution in [0.4, 0.5) is 0 Å². The fraction of sp³-hybridized carbons (Fsp3) is 0.500. The third-order valence-electron chi connectivity index (χ3n) is 5.92. The number of aromatic nitrogens is 3. The van der Waals surface area contributed by atoms with Gasteiger partial charge in [-0.05, 0) is 54.0 Å². The highest BCUT2D eigenvalue weighted by Gasteiger charge is 2.29. The highest BCUT2D eigenvalue weighted by atomic mass is 32.2. The molecule has 1 fully saturated rings. The molecule has 3 aromatic rings. The molecule has 0 bridgehead atoms. The van der Waals surface area contributed by atoms with Gasteiger partial charge in [-0.25, -0.2) is 13.2 Å². The topological polar surface area (TPSA) is 95.1 Å². The SMILES string of the molecule is Cc1cc2oc(=O)cc(CSc3nnc(CC4CCS(=O)(=O)C4)n3C)c2cc1C(C)C. The van der Waals surface area contributed by atoms with Crippen molar-refractivity contribution < 1.29 is 12.8 Å². The van der Waals surface area contributed by atoms with Crippen LogP contribution in [-0.2, 0) is 29.1 Å². The Bertz CT molecular complexity index is 1290. The number of hydrogen-bond donors (Lipinski definition) is 0. The lowest BCUT2D eigenvalue weighted by Crippen LogP contribution is -2.11. The van der Waals surface area contributed by atoms with Gasteiger partial charge in [0.05, 0.1) is 11.5 Å². The van der Waals surface area contributed by atoms with Crippen LogP contribution in [0.2, 0.25) is 0 Å². The third kappa shape index (κ3) is 4.72. The summed E-state index contributed by atoms with van der Waals surface area (Å²) in [5, 5.41) is 10.3. The highest BCUT2D eigenvalue weighted by Crippen LogP contribution is 2.30. The maximum atomic E-state index is 12.1. The van der Waals surface area contributed by atoms with Gasteiger partial charge in [0.1, 0.15) is 11.4 Å². The maximum Gasteiger partial charge on any atom is 0.336 e. The van der Waals surface area contributed by atoms with Crippen molar-refractivity contribution in [3.05, 3.63) is 51.1 Å². The fourth-order valence-electron chi connectivity index (χ4n) is 4.21. The predicted molar refractivity (Wildman–Crippen MR) is 122 cm³/mol. The minimum atomic E-state index is -2.91. The van der Waals surface area contributed by atoms with Crippen molar-refractivity contribution in [2.45, 2.75) is 50.4 Å². The van der Waals surface area contributed by atoms with Crippen molar-refractivity contribution >= 4 is 32.6 Å². The zero-order chi connectivity index (χ0) is 22.3. The van der Waals surface area contributed by atoms with E-state index in [0.717, 1.165) is 27.5 Å². The molecule has 1 aliphatic rings. The standard InChI is InChI=1S/C22H27N3O4S2/c1-13(2)17-10-18-16(9-21(26)29-19(18)7-14(17)3)11-30-22-24-23-20(25(22)4)8-15-5-6-31(27,28)12-15/h7,9-10,13,15H,5-6,8,11-12H2,1-4H3. The molecule has 0 amide bonds. The fourth-order valence-corrected chi connectivity index (χ4v) is 7.00. The van der Waals surface area contributed by atoms with Gasteiger partial charge in [-0.15, -0.1) is 10.2 Å². The summed E-state index contributed by atoms with van der Waals surface area (Å²) >= 11 is 1.51. The maximum absolute atomic E-state index is 12.1. The van der Waals surface area contributed by atoms with Crippen molar-refractivity contribution in [1.29, 1.82) is 0 Å². The molecule has 31 heavy (non-hydrogen) atoms. The van der Waals surface area contributed by atoms with Gasteiger partial charge in [0.2, 0.25) is 0 Å². The average molecular weight is 462 g/mol. The monoisotopic (exact) mass is 461 g/mol. The number of sulfone groups is 1. The van der Waals surface area contributed by atoms with Crippen molar-refractivity contribution in [2.75, 3.05) is 11.5 Å². The molecule has 0 spiro atoms. The van der Waals surface area contributed by atoms with Crippen LogP contribution in [-0.4, -0.2) is 34.7 Å². The van der Waals surface area contributed by atoms with E-state index in [1.807, 2.05) is 24.6 Å². The van der Waals surface area contributed by atoms with Gasteiger partial charge in [0, 0.05) is 30.7 Å². The lowest BCUT2D eigenvalue weighted by atomic mass is 9.95. The second-order valence-corrected chi connectivity index (χ2v) is 11.8. The first kappa shape index (κ1) is 22.1. The number of benzene rings is 1. The van der Waals surface area contributed by atoms with Crippen LogP contribution in [0.25, 0.3) is 11.0 Å². The van der Waals surface area contributed by atoms with Gasteiger partial charge in [-0.3, -0.25) is 0 Å². The van der Waals surface area contributed by atoms with Crippen molar-refractivity contribution in [2.24, 2.45) is 13.0 Å². The van der Waals surface area contributed by atoms with E-state index in [4.69, 9.17) is 4.42 Å². The quantitative estimate of drug-likeness (QED) is 0.409. The van der Waals surface area contributed by atoms with Crippen LogP contribution in [0.3, 0.4) is 0 Å². The van der Waals surface area contributed by atoms with Gasteiger partial charge in [-0.1, -0.05) is 25.6 Å². The molecule has 0 saturated carbocycles. The van der Waals surface area contributed by atoms with E-state index in [-0.39, 0.29) is 23.0 Å². The van der Waals surface area contributed by atoms with Gasteiger partial charge >= 0.3 is 5.63 Å². The van der Waals surface area contributed by atoms with Gasteiger partial charge < -0.3 is 8.98 Å². The zero-order valence-electron chi connectivity index (χ0n) is 18.2. The summed E-state index contributed by atoms with van der Waals surface area (Å²) in [7, 11) is -1.01. The normalized spacial score (nSPS) is 18.3. The first-order valence-electron chi connectivity index (χ1n) is 10.4. The summed E-state index contributed by atoms with van der Waals surface area (Å²) in [6.07, 6.45) is 1.29. The van der Waals surface area contributed by atoms with Crippen LogP contribution in [0, 0.1) is 12.8 Å². The average Bonchev–Trinajstić information content (AvgIpc) is 3.20. The Labute approximate surface area is 186 Å². The first-order valence-corrected chi connectivity index (χ1v) is 13.2. The molecule has 0 aliphatic carbocycles. The largest absolute Gasteiger partial charge is 0.423 e. The molecule has 0 radical (unpaired) electrons. The van der Waals surface area contributed by atoms with E-state index in [1.54, 1.807) is 6.07 Å². The van der Waals surface area contributed by atoms with Crippen molar-refractivity contribution in [1.82, 2.24) is 14.8 Å². The van der Waals surface area contributed by atoms with E-state index in [0.29, 0.717) is 30.1 Å². The summed E-state index contributed by atoms with van der Waals surface area (Å²) in [4.78, 5) is 12.1. The van der Waals surface area contributed by atoms with Gasteiger partial charge in [0.25, 0.3) is 0 Å². The van der Waals surface area contributed by atoms with E-state index in [1.165, 1.54) is 17.3 Å². The minimum Gasteiger partial charge on any atom is -0.423 e.